The third kappa shape index (κ3) is 6.14. The summed E-state index contributed by atoms with van der Waals surface area (Å²) >= 11 is 0. The standard InChI is InChI=1S/C19H33N3O5/c1-16(27-15-17-4-2-3-11-26-17)19(24)22-7-5-21(6-8-22)18(23)14-20-9-12-25-13-10-20/h16-17H,2-15H2,1H3. The van der Waals surface area contributed by atoms with Crippen LogP contribution in [-0.4, -0.2) is 111 Å². The quantitative estimate of drug-likeness (QED) is 0.641. The molecule has 3 saturated heterocycles. The average Bonchev–Trinajstić information content (AvgIpc) is 2.73. The van der Waals surface area contributed by atoms with Crippen molar-refractivity contribution in [2.45, 2.75) is 38.4 Å². The molecule has 2 amide bonds. The van der Waals surface area contributed by atoms with E-state index in [1.807, 2.05) is 9.80 Å². The Labute approximate surface area is 161 Å². The van der Waals surface area contributed by atoms with E-state index in [1.165, 1.54) is 0 Å². The van der Waals surface area contributed by atoms with Crippen molar-refractivity contribution in [1.82, 2.24) is 14.7 Å². The highest BCUT2D eigenvalue weighted by atomic mass is 16.5. The highest BCUT2D eigenvalue weighted by molar-refractivity contribution is 5.81. The number of piperazine rings is 1. The summed E-state index contributed by atoms with van der Waals surface area (Å²) in [4.78, 5) is 30.9. The number of nitrogens with zero attached hydrogens (tertiary/aromatic N) is 3. The summed E-state index contributed by atoms with van der Waals surface area (Å²) in [6.07, 6.45) is 2.93. The monoisotopic (exact) mass is 383 g/mol. The maximum absolute atomic E-state index is 12.6. The first-order chi connectivity index (χ1) is 13.1. The molecule has 0 aromatic carbocycles. The molecule has 3 fully saturated rings. The van der Waals surface area contributed by atoms with Crippen LogP contribution in [0.25, 0.3) is 0 Å². The van der Waals surface area contributed by atoms with Gasteiger partial charge in [-0.15, -0.1) is 0 Å². The SMILES string of the molecule is CC(OCC1CCCCO1)C(=O)N1CCN(C(=O)CN2CCOCC2)CC1. The number of rotatable bonds is 6. The van der Waals surface area contributed by atoms with E-state index >= 15 is 0 Å². The van der Waals surface area contributed by atoms with E-state index in [0.29, 0.717) is 52.5 Å². The van der Waals surface area contributed by atoms with Gasteiger partial charge in [-0.3, -0.25) is 14.5 Å². The molecule has 3 aliphatic heterocycles. The summed E-state index contributed by atoms with van der Waals surface area (Å²) in [7, 11) is 0. The lowest BCUT2D eigenvalue weighted by Crippen LogP contribution is -2.55. The van der Waals surface area contributed by atoms with Crippen LogP contribution in [0.5, 0.6) is 0 Å². The number of hydrogen-bond acceptors (Lipinski definition) is 6. The number of ether oxygens (including phenoxy) is 3. The number of carbonyl (C=O) groups is 2. The fraction of sp³-hybridized carbons (Fsp3) is 0.895. The summed E-state index contributed by atoms with van der Waals surface area (Å²) in [5.74, 6) is 0.147. The molecule has 0 bridgehead atoms. The Hall–Kier alpha value is -1.22. The zero-order valence-electron chi connectivity index (χ0n) is 16.4. The van der Waals surface area contributed by atoms with Crippen molar-refractivity contribution in [3.63, 3.8) is 0 Å². The maximum Gasteiger partial charge on any atom is 0.251 e. The summed E-state index contributed by atoms with van der Waals surface area (Å²) in [6.45, 7) is 8.84. The van der Waals surface area contributed by atoms with Crippen molar-refractivity contribution in [2.75, 3.05) is 72.2 Å². The summed E-state index contributed by atoms with van der Waals surface area (Å²) in [6, 6.07) is 0. The lowest BCUT2D eigenvalue weighted by molar-refractivity contribution is -0.150. The van der Waals surface area contributed by atoms with Crippen LogP contribution in [0.15, 0.2) is 0 Å². The molecule has 27 heavy (non-hydrogen) atoms. The molecule has 0 radical (unpaired) electrons. The average molecular weight is 383 g/mol. The first kappa shape index (κ1) is 20.5. The van der Waals surface area contributed by atoms with Gasteiger partial charge in [0.1, 0.15) is 6.10 Å². The molecule has 3 heterocycles. The second kappa shape index (κ2) is 10.4. The predicted octanol–water partition coefficient (Wildman–Crippen LogP) is -0.0364. The van der Waals surface area contributed by atoms with E-state index in [4.69, 9.17) is 14.2 Å². The minimum absolute atomic E-state index is 0.00564. The minimum atomic E-state index is -0.467. The molecule has 0 N–H and O–H groups in total. The van der Waals surface area contributed by atoms with Gasteiger partial charge in [-0.25, -0.2) is 0 Å². The highest BCUT2D eigenvalue weighted by Gasteiger charge is 2.28. The van der Waals surface area contributed by atoms with Crippen molar-refractivity contribution < 1.29 is 23.8 Å². The normalized spacial score (nSPS) is 26.0. The van der Waals surface area contributed by atoms with Gasteiger partial charge < -0.3 is 24.0 Å². The second-order valence-corrected chi connectivity index (χ2v) is 7.56. The van der Waals surface area contributed by atoms with Crippen LogP contribution in [0.2, 0.25) is 0 Å². The Bertz CT molecular complexity index is 484. The molecular formula is C19H33N3O5. The highest BCUT2D eigenvalue weighted by Crippen LogP contribution is 2.14. The van der Waals surface area contributed by atoms with Crippen molar-refractivity contribution >= 4 is 11.8 Å². The predicted molar refractivity (Wildman–Crippen MR) is 99.4 cm³/mol. The fourth-order valence-electron chi connectivity index (χ4n) is 3.75. The van der Waals surface area contributed by atoms with Gasteiger partial charge in [-0.2, -0.15) is 0 Å². The molecular weight excluding hydrogens is 350 g/mol. The van der Waals surface area contributed by atoms with E-state index in [-0.39, 0.29) is 17.9 Å². The van der Waals surface area contributed by atoms with Crippen LogP contribution < -0.4 is 0 Å². The molecule has 0 aromatic heterocycles. The van der Waals surface area contributed by atoms with Gasteiger partial charge in [0.2, 0.25) is 5.91 Å². The summed E-state index contributed by atoms with van der Waals surface area (Å²) in [5, 5.41) is 0. The Morgan fingerprint density at radius 2 is 1.70 bits per heavy atom. The van der Waals surface area contributed by atoms with Crippen molar-refractivity contribution in [1.29, 1.82) is 0 Å². The van der Waals surface area contributed by atoms with E-state index in [9.17, 15) is 9.59 Å². The van der Waals surface area contributed by atoms with Crippen molar-refractivity contribution in [3.05, 3.63) is 0 Å². The summed E-state index contributed by atoms with van der Waals surface area (Å²) in [5.41, 5.74) is 0. The molecule has 8 nitrogen and oxygen atoms in total. The largest absolute Gasteiger partial charge is 0.379 e. The molecule has 0 spiro atoms. The molecule has 0 aromatic rings. The fourth-order valence-corrected chi connectivity index (χ4v) is 3.75. The molecule has 8 heteroatoms. The molecule has 2 unspecified atom stereocenters. The van der Waals surface area contributed by atoms with Crippen LogP contribution in [0, 0.1) is 0 Å². The van der Waals surface area contributed by atoms with Crippen LogP contribution in [0.1, 0.15) is 26.2 Å². The Balaban J connectivity index is 1.35. The van der Waals surface area contributed by atoms with Gasteiger partial charge in [0.15, 0.2) is 0 Å². The van der Waals surface area contributed by atoms with Crippen LogP contribution in [0.4, 0.5) is 0 Å². The maximum atomic E-state index is 12.6. The van der Waals surface area contributed by atoms with Gasteiger partial charge in [0.25, 0.3) is 5.91 Å². The second-order valence-electron chi connectivity index (χ2n) is 7.56. The van der Waals surface area contributed by atoms with Gasteiger partial charge in [-0.05, 0) is 26.2 Å². The van der Waals surface area contributed by atoms with Crippen molar-refractivity contribution in [2.24, 2.45) is 0 Å². The number of amides is 2. The van der Waals surface area contributed by atoms with E-state index in [1.54, 1.807) is 6.92 Å². The van der Waals surface area contributed by atoms with Crippen LogP contribution in [0.3, 0.4) is 0 Å². The molecule has 2 atom stereocenters. The van der Waals surface area contributed by atoms with Gasteiger partial charge in [0, 0.05) is 45.9 Å². The summed E-state index contributed by atoms with van der Waals surface area (Å²) < 4.78 is 16.7. The molecule has 3 aliphatic rings. The van der Waals surface area contributed by atoms with Gasteiger partial charge >= 0.3 is 0 Å². The zero-order valence-corrected chi connectivity index (χ0v) is 16.4. The van der Waals surface area contributed by atoms with Crippen LogP contribution in [-0.2, 0) is 23.8 Å². The topological polar surface area (TPSA) is 71.6 Å². The smallest absolute Gasteiger partial charge is 0.251 e. The van der Waals surface area contributed by atoms with E-state index < -0.39 is 6.10 Å². The first-order valence-corrected chi connectivity index (χ1v) is 10.2. The van der Waals surface area contributed by atoms with Crippen LogP contribution >= 0.6 is 0 Å². The third-order valence-corrected chi connectivity index (χ3v) is 5.56. The Kier molecular flexibility index (Phi) is 7.87. The molecule has 0 saturated carbocycles. The molecule has 3 rings (SSSR count). The lowest BCUT2D eigenvalue weighted by Gasteiger charge is -2.37. The molecule has 0 aliphatic carbocycles. The van der Waals surface area contributed by atoms with Crippen molar-refractivity contribution in [3.8, 4) is 0 Å². The number of morpholine rings is 1. The Morgan fingerprint density at radius 3 is 2.37 bits per heavy atom. The van der Waals surface area contributed by atoms with Gasteiger partial charge in [-0.1, -0.05) is 0 Å². The lowest BCUT2D eigenvalue weighted by atomic mass is 10.1. The van der Waals surface area contributed by atoms with E-state index in [2.05, 4.69) is 4.90 Å². The first-order valence-electron chi connectivity index (χ1n) is 10.2. The number of hydrogen-bond donors (Lipinski definition) is 0. The third-order valence-electron chi connectivity index (χ3n) is 5.56. The zero-order chi connectivity index (χ0) is 19.1. The Morgan fingerprint density at radius 1 is 1.00 bits per heavy atom. The minimum Gasteiger partial charge on any atom is -0.379 e. The van der Waals surface area contributed by atoms with E-state index in [0.717, 1.165) is 39.0 Å². The van der Waals surface area contributed by atoms with Gasteiger partial charge in [0.05, 0.1) is 32.5 Å². The molecule has 154 valence electrons. The number of carbonyl (C=O) groups excluding carboxylic acids is 2.